The molecular weight excluding hydrogens is 293 g/mol. The topological polar surface area (TPSA) is 54.3 Å². The lowest BCUT2D eigenvalue weighted by atomic mass is 10.2. The van der Waals surface area contributed by atoms with Crippen LogP contribution in [0.5, 0.6) is 5.88 Å². The number of fused-ring (bicyclic) bond motifs is 3. The molecule has 0 aliphatic rings. The third-order valence-electron chi connectivity index (χ3n) is 2.76. The Balaban J connectivity index is 2.35. The molecule has 2 heterocycles. The highest BCUT2D eigenvalue weighted by Crippen LogP contribution is 2.32. The fourth-order valence-corrected chi connectivity index (χ4v) is 2.96. The van der Waals surface area contributed by atoms with Crippen LogP contribution >= 0.6 is 11.3 Å². The van der Waals surface area contributed by atoms with Crippen LogP contribution in [-0.4, -0.2) is 22.1 Å². The van der Waals surface area contributed by atoms with Crippen molar-refractivity contribution < 1.29 is 27.5 Å². The highest BCUT2D eigenvalue weighted by molar-refractivity contribution is 7.19. The van der Waals surface area contributed by atoms with Gasteiger partial charge < -0.3 is 5.11 Å². The second-order valence-electron chi connectivity index (χ2n) is 4.02. The molecule has 102 valence electrons. The first-order valence-corrected chi connectivity index (χ1v) is 6.23. The summed E-state index contributed by atoms with van der Waals surface area (Å²) in [4.78, 5) is 14.9. The van der Waals surface area contributed by atoms with Crippen molar-refractivity contribution in [3.8, 4) is 5.88 Å². The van der Waals surface area contributed by atoms with Crippen LogP contribution in [0.1, 0.15) is 9.67 Å². The molecule has 4 nitrogen and oxygen atoms in total. The summed E-state index contributed by atoms with van der Waals surface area (Å²) in [5.74, 6) is -2.81. The van der Waals surface area contributed by atoms with Crippen molar-refractivity contribution >= 4 is 32.9 Å². The van der Waals surface area contributed by atoms with Crippen LogP contribution < -0.4 is 4.40 Å². The molecule has 0 spiro atoms. The average Bonchev–Trinajstić information content (AvgIpc) is 2.74. The Hall–Kier alpha value is -2.22. The summed E-state index contributed by atoms with van der Waals surface area (Å²) in [5, 5.41) is 10.4. The maximum atomic E-state index is 12.5. The largest absolute Gasteiger partial charge is 0.476 e. The van der Waals surface area contributed by atoms with Crippen molar-refractivity contribution in [1.29, 1.82) is 0 Å². The lowest BCUT2D eigenvalue weighted by Gasteiger charge is -2.00. The molecule has 0 bridgehead atoms. The number of aromatic hydroxyl groups is 1. The lowest BCUT2D eigenvalue weighted by Crippen LogP contribution is -2.24. The van der Waals surface area contributed by atoms with Gasteiger partial charge in [0, 0.05) is 0 Å². The smallest absolute Gasteiger partial charge is 0.456 e. The maximum Gasteiger partial charge on any atom is 0.456 e. The Morgan fingerprint density at radius 3 is 2.70 bits per heavy atom. The van der Waals surface area contributed by atoms with E-state index in [1.807, 2.05) is 0 Å². The second-order valence-corrected chi connectivity index (χ2v) is 5.02. The molecule has 3 aromatic rings. The van der Waals surface area contributed by atoms with Gasteiger partial charge in [-0.05, 0) is 17.1 Å². The summed E-state index contributed by atoms with van der Waals surface area (Å²) >= 11 is 0.592. The fraction of sp³-hybridized carbons (Fsp3) is 0.0833. The van der Waals surface area contributed by atoms with Gasteiger partial charge in [0.25, 0.3) is 12.1 Å². The molecule has 0 unspecified atom stereocenters. The average molecular weight is 299 g/mol. The number of aromatic nitrogens is 2. The number of ketones is 1. The number of alkyl halides is 3. The maximum absolute atomic E-state index is 12.5. The van der Waals surface area contributed by atoms with Crippen molar-refractivity contribution in [2.75, 3.05) is 0 Å². The SMILES string of the molecule is O=C(c1sc2c3ccccc3nc[n+]2c1O)C(F)(F)F. The predicted molar refractivity (Wildman–Crippen MR) is 64.8 cm³/mol. The zero-order chi connectivity index (χ0) is 14.5. The molecule has 8 heteroatoms. The summed E-state index contributed by atoms with van der Waals surface area (Å²) in [7, 11) is 0. The van der Waals surface area contributed by atoms with Gasteiger partial charge in [-0.15, -0.1) is 0 Å². The molecule has 0 radical (unpaired) electrons. The van der Waals surface area contributed by atoms with Crippen LogP contribution in [0.3, 0.4) is 0 Å². The Morgan fingerprint density at radius 1 is 1.30 bits per heavy atom. The number of halogens is 3. The zero-order valence-corrected chi connectivity index (χ0v) is 10.5. The molecular formula is C12H6F3N2O2S+. The van der Waals surface area contributed by atoms with Gasteiger partial charge in [-0.25, -0.2) is 0 Å². The van der Waals surface area contributed by atoms with Crippen LogP contribution in [0.25, 0.3) is 15.7 Å². The van der Waals surface area contributed by atoms with Crippen LogP contribution in [0.2, 0.25) is 0 Å². The van der Waals surface area contributed by atoms with E-state index in [1.165, 1.54) is 6.33 Å². The lowest BCUT2D eigenvalue weighted by molar-refractivity contribution is -0.520. The van der Waals surface area contributed by atoms with E-state index in [4.69, 9.17) is 0 Å². The normalized spacial score (nSPS) is 12.2. The van der Waals surface area contributed by atoms with Crippen molar-refractivity contribution in [2.24, 2.45) is 0 Å². The molecule has 0 amide bonds. The van der Waals surface area contributed by atoms with Crippen LogP contribution in [0.4, 0.5) is 13.2 Å². The number of para-hydroxylation sites is 1. The minimum absolute atomic E-state index is 0.334. The van der Waals surface area contributed by atoms with E-state index in [2.05, 4.69) is 4.98 Å². The highest BCUT2D eigenvalue weighted by atomic mass is 32.1. The Morgan fingerprint density at radius 2 is 2.00 bits per heavy atom. The molecule has 0 saturated carbocycles. The van der Waals surface area contributed by atoms with Gasteiger partial charge in [0.1, 0.15) is 0 Å². The number of hydrogen-bond donors (Lipinski definition) is 1. The van der Waals surface area contributed by atoms with E-state index < -0.39 is 22.7 Å². The van der Waals surface area contributed by atoms with Gasteiger partial charge in [-0.2, -0.15) is 17.6 Å². The number of rotatable bonds is 1. The summed E-state index contributed by atoms with van der Waals surface area (Å²) in [5.41, 5.74) is 0.569. The molecule has 0 saturated heterocycles. The van der Waals surface area contributed by atoms with Gasteiger partial charge in [0.2, 0.25) is 4.83 Å². The van der Waals surface area contributed by atoms with Crippen molar-refractivity contribution in [1.82, 2.24) is 4.98 Å². The third-order valence-corrected chi connectivity index (χ3v) is 3.94. The number of hydrogen-bond acceptors (Lipinski definition) is 4. The molecule has 0 aliphatic heterocycles. The number of carbonyl (C=O) groups is 1. The number of Topliss-reactive ketones (excluding diaryl/α,β-unsaturated/α-hetero) is 1. The Bertz CT molecular complexity index is 842. The summed E-state index contributed by atoms with van der Waals surface area (Å²) in [6, 6.07) is 6.79. The number of thiazole rings is 1. The summed E-state index contributed by atoms with van der Waals surface area (Å²) in [6.07, 6.45) is -3.83. The monoisotopic (exact) mass is 299 g/mol. The molecule has 1 N–H and O–H groups in total. The van der Waals surface area contributed by atoms with Crippen LogP contribution in [-0.2, 0) is 0 Å². The molecule has 0 fully saturated rings. The molecule has 0 atom stereocenters. The zero-order valence-electron chi connectivity index (χ0n) is 9.68. The van der Waals surface area contributed by atoms with E-state index in [-0.39, 0.29) is 0 Å². The van der Waals surface area contributed by atoms with Gasteiger partial charge >= 0.3 is 12.1 Å². The fourth-order valence-electron chi connectivity index (χ4n) is 1.85. The van der Waals surface area contributed by atoms with E-state index in [0.717, 1.165) is 4.40 Å². The molecule has 0 aliphatic carbocycles. The number of carbonyl (C=O) groups excluding carboxylic acids is 1. The van der Waals surface area contributed by atoms with Crippen LogP contribution in [0, 0.1) is 0 Å². The highest BCUT2D eigenvalue weighted by Gasteiger charge is 2.43. The predicted octanol–water partition coefficient (Wildman–Crippen LogP) is 2.49. The van der Waals surface area contributed by atoms with Gasteiger partial charge in [-0.3, -0.25) is 4.79 Å². The van der Waals surface area contributed by atoms with E-state index in [1.54, 1.807) is 24.3 Å². The van der Waals surface area contributed by atoms with Gasteiger partial charge in [0.15, 0.2) is 10.4 Å². The van der Waals surface area contributed by atoms with Crippen molar-refractivity contribution in [3.63, 3.8) is 0 Å². The summed E-state index contributed by atoms with van der Waals surface area (Å²) in [6.45, 7) is 0. The quantitative estimate of drug-likeness (QED) is 0.555. The van der Waals surface area contributed by atoms with E-state index in [0.29, 0.717) is 27.1 Å². The first kappa shape index (κ1) is 12.8. The molecule has 3 rings (SSSR count). The minimum Gasteiger partial charge on any atom is -0.476 e. The van der Waals surface area contributed by atoms with Crippen LogP contribution in [0.15, 0.2) is 30.6 Å². The third kappa shape index (κ3) is 1.80. The first-order valence-electron chi connectivity index (χ1n) is 5.42. The summed E-state index contributed by atoms with van der Waals surface area (Å²) < 4.78 is 38.5. The van der Waals surface area contributed by atoms with Gasteiger partial charge in [-0.1, -0.05) is 23.5 Å². The Kier molecular flexibility index (Phi) is 2.65. The minimum atomic E-state index is -5.03. The number of nitrogens with zero attached hydrogens (tertiary/aromatic N) is 2. The van der Waals surface area contributed by atoms with E-state index in [9.17, 15) is 23.1 Å². The molecule has 1 aromatic carbocycles. The van der Waals surface area contributed by atoms with Crippen molar-refractivity contribution in [2.45, 2.75) is 6.18 Å². The molecule has 20 heavy (non-hydrogen) atoms. The standard InChI is InChI=1S/C12H5F3N2O2S/c13-12(14,15)9(18)8-10(19)17-5-16-7-4-2-1-3-6(7)11(17)20-8/h1-5H/p+1. The molecule has 2 aromatic heterocycles. The first-order chi connectivity index (χ1) is 9.39. The van der Waals surface area contributed by atoms with Crippen molar-refractivity contribution in [3.05, 3.63) is 35.5 Å². The Labute approximate surface area is 113 Å². The number of benzene rings is 1. The van der Waals surface area contributed by atoms with Gasteiger partial charge in [0.05, 0.1) is 5.39 Å². The van der Waals surface area contributed by atoms with E-state index >= 15 is 0 Å². The second kappa shape index (κ2) is 4.14.